The van der Waals surface area contributed by atoms with Crippen molar-refractivity contribution in [3.63, 3.8) is 0 Å². The number of benzene rings is 2. The molecule has 0 fully saturated rings. The molecule has 0 saturated heterocycles. The second-order valence-corrected chi connectivity index (χ2v) is 6.46. The minimum atomic E-state index is -0.836. The summed E-state index contributed by atoms with van der Waals surface area (Å²) in [6.45, 7) is 4.81. The maximum atomic E-state index is 12.9. The third kappa shape index (κ3) is 6.55. The first-order valence-electron chi connectivity index (χ1n) is 8.36. The van der Waals surface area contributed by atoms with Gasteiger partial charge in [0.15, 0.2) is 0 Å². The zero-order chi connectivity index (χ0) is 18.2. The van der Waals surface area contributed by atoms with Crippen LogP contribution >= 0.6 is 0 Å². The van der Waals surface area contributed by atoms with Crippen molar-refractivity contribution in [3.8, 4) is 5.75 Å². The van der Waals surface area contributed by atoms with Gasteiger partial charge in [-0.2, -0.15) is 0 Å². The molecular formula is C20H24FNO3. The standard InChI is InChI=1S/C20H24FNO3/c1-14(2)10-19(20(23)24)22-12-16-4-3-5-18(11-16)25-13-15-6-8-17(21)9-7-15/h3-9,11,14,19,22H,10,12-13H2,1-2H3,(H,23,24). The topological polar surface area (TPSA) is 58.6 Å². The van der Waals surface area contributed by atoms with E-state index in [4.69, 9.17) is 4.74 Å². The van der Waals surface area contributed by atoms with E-state index < -0.39 is 12.0 Å². The molecule has 0 bridgehead atoms. The molecule has 1 atom stereocenters. The van der Waals surface area contributed by atoms with E-state index in [1.807, 2.05) is 38.1 Å². The number of halogens is 1. The number of carboxylic acids is 1. The van der Waals surface area contributed by atoms with Gasteiger partial charge in [-0.15, -0.1) is 0 Å². The summed E-state index contributed by atoms with van der Waals surface area (Å²) < 4.78 is 18.6. The Morgan fingerprint density at radius 3 is 2.52 bits per heavy atom. The van der Waals surface area contributed by atoms with Crippen LogP contribution in [0.1, 0.15) is 31.4 Å². The first kappa shape index (κ1) is 18.9. The summed E-state index contributed by atoms with van der Waals surface area (Å²) in [5, 5.41) is 12.3. The van der Waals surface area contributed by atoms with E-state index in [2.05, 4.69) is 5.32 Å². The summed E-state index contributed by atoms with van der Waals surface area (Å²) >= 11 is 0. The smallest absolute Gasteiger partial charge is 0.320 e. The fourth-order valence-electron chi connectivity index (χ4n) is 2.48. The van der Waals surface area contributed by atoms with Gasteiger partial charge in [0.2, 0.25) is 0 Å². The van der Waals surface area contributed by atoms with Gasteiger partial charge in [-0.05, 0) is 47.7 Å². The van der Waals surface area contributed by atoms with Crippen molar-refractivity contribution in [2.24, 2.45) is 5.92 Å². The van der Waals surface area contributed by atoms with Crippen LogP contribution in [0.15, 0.2) is 48.5 Å². The summed E-state index contributed by atoms with van der Waals surface area (Å²) in [5.41, 5.74) is 1.83. The van der Waals surface area contributed by atoms with E-state index in [0.717, 1.165) is 11.1 Å². The van der Waals surface area contributed by atoms with Gasteiger partial charge in [-0.1, -0.05) is 38.1 Å². The second-order valence-electron chi connectivity index (χ2n) is 6.46. The maximum absolute atomic E-state index is 12.9. The van der Waals surface area contributed by atoms with Crippen LogP contribution in [0.25, 0.3) is 0 Å². The van der Waals surface area contributed by atoms with Crippen LogP contribution in [0, 0.1) is 11.7 Å². The number of hydrogen-bond donors (Lipinski definition) is 2. The molecule has 2 N–H and O–H groups in total. The van der Waals surface area contributed by atoms with Gasteiger partial charge in [0, 0.05) is 6.54 Å². The Morgan fingerprint density at radius 2 is 1.88 bits per heavy atom. The van der Waals surface area contributed by atoms with Crippen molar-refractivity contribution < 1.29 is 19.0 Å². The summed E-state index contributed by atoms with van der Waals surface area (Å²) in [4.78, 5) is 11.3. The molecule has 0 amide bonds. The van der Waals surface area contributed by atoms with Gasteiger partial charge >= 0.3 is 5.97 Å². The summed E-state index contributed by atoms with van der Waals surface area (Å²) in [5.74, 6) is -0.109. The molecule has 0 radical (unpaired) electrons. The SMILES string of the molecule is CC(C)CC(NCc1cccc(OCc2ccc(F)cc2)c1)C(=O)O. The van der Waals surface area contributed by atoms with E-state index in [9.17, 15) is 14.3 Å². The number of carboxylic acid groups (broad SMARTS) is 1. The van der Waals surface area contributed by atoms with Gasteiger partial charge in [0.1, 0.15) is 24.2 Å². The highest BCUT2D eigenvalue weighted by molar-refractivity contribution is 5.73. The molecule has 0 heterocycles. The van der Waals surface area contributed by atoms with Gasteiger partial charge in [-0.3, -0.25) is 4.79 Å². The number of carbonyl (C=O) groups is 1. The molecule has 4 nitrogen and oxygen atoms in total. The van der Waals surface area contributed by atoms with Gasteiger partial charge < -0.3 is 15.2 Å². The van der Waals surface area contributed by atoms with E-state index in [0.29, 0.717) is 31.2 Å². The predicted octanol–water partition coefficient (Wildman–Crippen LogP) is 3.99. The number of rotatable bonds is 9. The predicted molar refractivity (Wildman–Crippen MR) is 94.9 cm³/mol. The van der Waals surface area contributed by atoms with E-state index >= 15 is 0 Å². The molecule has 0 aliphatic carbocycles. The van der Waals surface area contributed by atoms with Crippen molar-refractivity contribution in [2.75, 3.05) is 0 Å². The molecule has 2 aromatic rings. The molecule has 1 unspecified atom stereocenters. The Labute approximate surface area is 147 Å². The molecule has 0 saturated carbocycles. The molecule has 0 aromatic heterocycles. The number of aliphatic carboxylic acids is 1. The Hall–Kier alpha value is -2.40. The first-order valence-corrected chi connectivity index (χ1v) is 8.36. The Morgan fingerprint density at radius 1 is 1.16 bits per heavy atom. The lowest BCUT2D eigenvalue weighted by atomic mass is 10.0. The third-order valence-electron chi connectivity index (χ3n) is 3.77. The van der Waals surface area contributed by atoms with Gasteiger partial charge in [-0.25, -0.2) is 4.39 Å². The Balaban J connectivity index is 1.91. The largest absolute Gasteiger partial charge is 0.489 e. The molecule has 2 rings (SSSR count). The average molecular weight is 345 g/mol. The first-order chi connectivity index (χ1) is 11.9. The average Bonchev–Trinajstić information content (AvgIpc) is 2.58. The zero-order valence-corrected chi connectivity index (χ0v) is 14.5. The fraction of sp³-hybridized carbons (Fsp3) is 0.350. The van der Waals surface area contributed by atoms with E-state index in [1.54, 1.807) is 12.1 Å². The van der Waals surface area contributed by atoms with Crippen molar-refractivity contribution in [2.45, 2.75) is 39.5 Å². The van der Waals surface area contributed by atoms with Crippen LogP contribution in [0.4, 0.5) is 4.39 Å². The normalized spacial score (nSPS) is 12.2. The molecule has 2 aromatic carbocycles. The summed E-state index contributed by atoms with van der Waals surface area (Å²) in [6, 6.07) is 13.1. The van der Waals surface area contributed by atoms with Gasteiger partial charge in [0.05, 0.1) is 0 Å². The molecular weight excluding hydrogens is 321 g/mol. The number of hydrogen-bond acceptors (Lipinski definition) is 3. The van der Waals surface area contributed by atoms with E-state index in [-0.39, 0.29) is 5.82 Å². The van der Waals surface area contributed by atoms with Crippen molar-refractivity contribution in [1.82, 2.24) is 5.32 Å². The summed E-state index contributed by atoms with van der Waals surface area (Å²) in [7, 11) is 0. The lowest BCUT2D eigenvalue weighted by molar-refractivity contribution is -0.140. The van der Waals surface area contributed by atoms with Crippen molar-refractivity contribution in [3.05, 3.63) is 65.5 Å². The van der Waals surface area contributed by atoms with Crippen LogP contribution in [-0.2, 0) is 17.9 Å². The molecule has 134 valence electrons. The van der Waals surface area contributed by atoms with Crippen LogP contribution in [0.2, 0.25) is 0 Å². The van der Waals surface area contributed by atoms with E-state index in [1.165, 1.54) is 12.1 Å². The highest BCUT2D eigenvalue weighted by Crippen LogP contribution is 2.16. The highest BCUT2D eigenvalue weighted by Gasteiger charge is 2.17. The van der Waals surface area contributed by atoms with Gasteiger partial charge in [0.25, 0.3) is 0 Å². The minimum Gasteiger partial charge on any atom is -0.489 e. The lowest BCUT2D eigenvalue weighted by Gasteiger charge is -2.16. The molecule has 0 aliphatic rings. The van der Waals surface area contributed by atoms with Crippen molar-refractivity contribution in [1.29, 1.82) is 0 Å². The number of ether oxygens (including phenoxy) is 1. The van der Waals surface area contributed by atoms with Crippen molar-refractivity contribution >= 4 is 5.97 Å². The highest BCUT2D eigenvalue weighted by atomic mass is 19.1. The van der Waals surface area contributed by atoms with Crippen LogP contribution < -0.4 is 10.1 Å². The summed E-state index contributed by atoms with van der Waals surface area (Å²) in [6.07, 6.45) is 0.579. The molecule has 0 aliphatic heterocycles. The number of nitrogens with one attached hydrogen (secondary N) is 1. The maximum Gasteiger partial charge on any atom is 0.320 e. The minimum absolute atomic E-state index is 0.272. The third-order valence-corrected chi connectivity index (χ3v) is 3.77. The Bertz CT molecular complexity index is 686. The van der Waals surface area contributed by atoms with Crippen LogP contribution in [0.5, 0.6) is 5.75 Å². The monoisotopic (exact) mass is 345 g/mol. The van der Waals surface area contributed by atoms with Crippen LogP contribution in [-0.4, -0.2) is 17.1 Å². The molecule has 5 heteroatoms. The van der Waals surface area contributed by atoms with Crippen LogP contribution in [0.3, 0.4) is 0 Å². The Kier molecular flexibility index (Phi) is 6.95. The lowest BCUT2D eigenvalue weighted by Crippen LogP contribution is -2.37. The fourth-order valence-corrected chi connectivity index (χ4v) is 2.48. The quantitative estimate of drug-likeness (QED) is 0.721. The molecule has 0 spiro atoms. The molecule has 25 heavy (non-hydrogen) atoms. The second kappa shape index (κ2) is 9.18. The zero-order valence-electron chi connectivity index (χ0n) is 14.5.